The first-order valence-electron chi connectivity index (χ1n) is 6.99. The predicted molar refractivity (Wildman–Crippen MR) is 72.3 cm³/mol. The second kappa shape index (κ2) is 5.07. The lowest BCUT2D eigenvalue weighted by molar-refractivity contribution is 0.347. The van der Waals surface area contributed by atoms with Gasteiger partial charge in [0.25, 0.3) is 0 Å². The van der Waals surface area contributed by atoms with Gasteiger partial charge in [-0.1, -0.05) is 19.8 Å². The molecule has 2 aliphatic rings. The first kappa shape index (κ1) is 11.7. The van der Waals surface area contributed by atoms with Crippen LogP contribution in [-0.4, -0.2) is 11.0 Å². The normalized spacial score (nSPS) is 29.5. The van der Waals surface area contributed by atoms with Crippen molar-refractivity contribution in [2.45, 2.75) is 64.0 Å². The Labute approximate surface area is 108 Å². The van der Waals surface area contributed by atoms with E-state index in [0.29, 0.717) is 0 Å². The topological polar surface area (TPSA) is 24.9 Å². The summed E-state index contributed by atoms with van der Waals surface area (Å²) in [6.07, 6.45) is 10.3. The summed E-state index contributed by atoms with van der Waals surface area (Å²) < 4.78 is 0. The minimum absolute atomic E-state index is 0.755. The van der Waals surface area contributed by atoms with E-state index in [1.807, 2.05) is 11.3 Å². The molecular formula is C14H22N2S. The van der Waals surface area contributed by atoms with Crippen molar-refractivity contribution in [3.05, 3.63) is 16.1 Å². The summed E-state index contributed by atoms with van der Waals surface area (Å²) >= 11 is 1.94. The van der Waals surface area contributed by atoms with Gasteiger partial charge in [-0.05, 0) is 31.6 Å². The highest BCUT2D eigenvalue weighted by Gasteiger charge is 2.23. The summed E-state index contributed by atoms with van der Waals surface area (Å²) in [5.41, 5.74) is 0. The minimum atomic E-state index is 0.755. The molecule has 1 N–H and O–H groups in total. The molecule has 94 valence electrons. The lowest BCUT2D eigenvalue weighted by Crippen LogP contribution is -2.14. The molecule has 3 heteroatoms. The van der Waals surface area contributed by atoms with E-state index in [4.69, 9.17) is 0 Å². The Morgan fingerprint density at radius 1 is 1.24 bits per heavy atom. The Morgan fingerprint density at radius 2 is 2.00 bits per heavy atom. The molecule has 1 aromatic heterocycles. The lowest BCUT2D eigenvalue weighted by Gasteiger charge is -2.24. The molecule has 2 aliphatic carbocycles. The van der Waals surface area contributed by atoms with E-state index in [2.05, 4.69) is 23.4 Å². The summed E-state index contributed by atoms with van der Waals surface area (Å²) in [5, 5.41) is 4.96. The largest absolute Gasteiger partial charge is 0.309 e. The maximum Gasteiger partial charge on any atom is 0.0959 e. The lowest BCUT2D eigenvalue weighted by atomic mass is 9.83. The molecular weight excluding hydrogens is 228 g/mol. The van der Waals surface area contributed by atoms with Crippen LogP contribution in [0, 0.1) is 5.92 Å². The Morgan fingerprint density at radius 3 is 2.71 bits per heavy atom. The maximum absolute atomic E-state index is 4.64. The molecule has 1 heterocycles. The van der Waals surface area contributed by atoms with Crippen LogP contribution in [0.15, 0.2) is 6.20 Å². The molecule has 0 atom stereocenters. The molecule has 0 amide bonds. The molecule has 2 nitrogen and oxygen atoms in total. The summed E-state index contributed by atoms with van der Waals surface area (Å²) in [7, 11) is 0. The summed E-state index contributed by atoms with van der Waals surface area (Å²) in [6, 6.07) is 0.802. The minimum Gasteiger partial charge on any atom is -0.309 e. The van der Waals surface area contributed by atoms with E-state index < -0.39 is 0 Å². The van der Waals surface area contributed by atoms with Crippen LogP contribution in [0.4, 0.5) is 0 Å². The molecule has 0 radical (unpaired) electrons. The molecule has 0 aromatic carbocycles. The van der Waals surface area contributed by atoms with Gasteiger partial charge < -0.3 is 5.32 Å². The van der Waals surface area contributed by atoms with E-state index in [9.17, 15) is 0 Å². The van der Waals surface area contributed by atoms with E-state index >= 15 is 0 Å². The number of nitrogens with one attached hydrogen (secondary N) is 1. The first-order chi connectivity index (χ1) is 8.31. The predicted octanol–water partition coefficient (Wildman–Crippen LogP) is 3.69. The Balaban J connectivity index is 1.55. The second-order valence-electron chi connectivity index (χ2n) is 5.78. The van der Waals surface area contributed by atoms with Crippen molar-refractivity contribution in [2.24, 2.45) is 5.92 Å². The highest BCUT2D eigenvalue weighted by molar-refractivity contribution is 7.11. The van der Waals surface area contributed by atoms with Gasteiger partial charge in [0.1, 0.15) is 0 Å². The van der Waals surface area contributed by atoms with Crippen LogP contribution in [0.3, 0.4) is 0 Å². The van der Waals surface area contributed by atoms with Crippen molar-refractivity contribution < 1.29 is 0 Å². The van der Waals surface area contributed by atoms with Crippen molar-refractivity contribution in [3.63, 3.8) is 0 Å². The average Bonchev–Trinajstić information content (AvgIpc) is 3.06. The molecule has 0 saturated heterocycles. The third kappa shape index (κ3) is 3.08. The molecule has 0 aliphatic heterocycles. The quantitative estimate of drug-likeness (QED) is 0.881. The smallest absolute Gasteiger partial charge is 0.0959 e. The third-order valence-electron chi connectivity index (χ3n) is 4.08. The van der Waals surface area contributed by atoms with Crippen LogP contribution in [0.1, 0.15) is 61.3 Å². The van der Waals surface area contributed by atoms with Crippen LogP contribution in [-0.2, 0) is 6.54 Å². The van der Waals surface area contributed by atoms with Crippen molar-refractivity contribution in [3.8, 4) is 0 Å². The number of aromatic nitrogens is 1. The van der Waals surface area contributed by atoms with Gasteiger partial charge in [0.05, 0.1) is 5.01 Å². The van der Waals surface area contributed by atoms with Crippen molar-refractivity contribution in [1.82, 2.24) is 10.3 Å². The fraction of sp³-hybridized carbons (Fsp3) is 0.786. The Kier molecular flexibility index (Phi) is 3.48. The van der Waals surface area contributed by atoms with Gasteiger partial charge in [0.15, 0.2) is 0 Å². The average molecular weight is 250 g/mol. The zero-order valence-electron chi connectivity index (χ0n) is 10.6. The molecule has 0 spiro atoms. The zero-order valence-corrected chi connectivity index (χ0v) is 11.4. The van der Waals surface area contributed by atoms with Gasteiger partial charge in [0.2, 0.25) is 0 Å². The number of hydrogen-bond acceptors (Lipinski definition) is 3. The van der Waals surface area contributed by atoms with Crippen LogP contribution < -0.4 is 5.32 Å². The molecule has 17 heavy (non-hydrogen) atoms. The van der Waals surface area contributed by atoms with E-state index in [0.717, 1.165) is 24.4 Å². The maximum atomic E-state index is 4.64. The van der Waals surface area contributed by atoms with Crippen LogP contribution in [0.25, 0.3) is 0 Å². The Bertz CT molecular complexity index is 362. The summed E-state index contributed by atoms with van der Waals surface area (Å²) in [4.78, 5) is 6.06. The second-order valence-corrected chi connectivity index (χ2v) is 6.92. The zero-order chi connectivity index (χ0) is 11.7. The van der Waals surface area contributed by atoms with Gasteiger partial charge >= 0.3 is 0 Å². The van der Waals surface area contributed by atoms with Gasteiger partial charge in [-0.15, -0.1) is 11.3 Å². The number of rotatable bonds is 4. The van der Waals surface area contributed by atoms with Gasteiger partial charge in [0, 0.05) is 29.6 Å². The molecule has 1 aromatic rings. The monoisotopic (exact) mass is 250 g/mol. The fourth-order valence-electron chi connectivity index (χ4n) is 2.63. The SMILES string of the molecule is CC1CCC(c2ncc(CNC3CC3)s2)CC1. The first-order valence-corrected chi connectivity index (χ1v) is 7.81. The van der Waals surface area contributed by atoms with Crippen LogP contribution in [0.2, 0.25) is 0 Å². The van der Waals surface area contributed by atoms with E-state index in [1.54, 1.807) is 0 Å². The Hall–Kier alpha value is -0.410. The summed E-state index contributed by atoms with van der Waals surface area (Å²) in [6.45, 7) is 3.41. The standard InChI is InChI=1S/C14H22N2S/c1-10-2-4-11(5-3-10)14-16-9-13(17-14)8-15-12-6-7-12/h9-12,15H,2-8H2,1H3. The fourth-order valence-corrected chi connectivity index (χ4v) is 3.67. The number of nitrogens with zero attached hydrogens (tertiary/aromatic N) is 1. The summed E-state index contributed by atoms with van der Waals surface area (Å²) in [5.74, 6) is 1.69. The van der Waals surface area contributed by atoms with Crippen LogP contribution >= 0.6 is 11.3 Å². The van der Waals surface area contributed by atoms with Crippen LogP contribution in [0.5, 0.6) is 0 Å². The van der Waals surface area contributed by atoms with Crippen molar-refractivity contribution >= 4 is 11.3 Å². The van der Waals surface area contributed by atoms with Gasteiger partial charge in [-0.2, -0.15) is 0 Å². The third-order valence-corrected chi connectivity index (χ3v) is 5.24. The van der Waals surface area contributed by atoms with E-state index in [-0.39, 0.29) is 0 Å². The van der Waals surface area contributed by atoms with Crippen molar-refractivity contribution in [2.75, 3.05) is 0 Å². The van der Waals surface area contributed by atoms with Crippen molar-refractivity contribution in [1.29, 1.82) is 0 Å². The molecule has 0 bridgehead atoms. The highest BCUT2D eigenvalue weighted by atomic mass is 32.1. The van der Waals surface area contributed by atoms with E-state index in [1.165, 1.54) is 48.4 Å². The van der Waals surface area contributed by atoms with Gasteiger partial charge in [-0.25, -0.2) is 4.98 Å². The molecule has 2 saturated carbocycles. The highest BCUT2D eigenvalue weighted by Crippen LogP contribution is 2.37. The molecule has 0 unspecified atom stereocenters. The number of hydrogen-bond donors (Lipinski definition) is 1. The number of thiazole rings is 1. The van der Waals surface area contributed by atoms with Gasteiger partial charge in [-0.3, -0.25) is 0 Å². The molecule has 2 fully saturated rings. The molecule has 3 rings (SSSR count).